The van der Waals surface area contributed by atoms with E-state index in [0.29, 0.717) is 5.69 Å². The third-order valence-electron chi connectivity index (χ3n) is 2.70. The van der Waals surface area contributed by atoms with Crippen LogP contribution in [0.1, 0.15) is 21.7 Å². The van der Waals surface area contributed by atoms with E-state index in [2.05, 4.69) is 9.72 Å². The number of nitriles is 2. The molecule has 0 fully saturated rings. The zero-order valence-corrected chi connectivity index (χ0v) is 10.5. The summed E-state index contributed by atoms with van der Waals surface area (Å²) in [4.78, 5) is 15.4. The molecule has 0 aliphatic carbocycles. The molecular weight excluding hydrogens is 258 g/mol. The molecule has 1 aromatic heterocycles. The Balaban J connectivity index is 2.61. The van der Waals surface area contributed by atoms with Crippen molar-refractivity contribution in [3.63, 3.8) is 0 Å². The molecule has 0 saturated carbocycles. The molecule has 1 heterocycles. The first-order valence-corrected chi connectivity index (χ1v) is 5.48. The summed E-state index contributed by atoms with van der Waals surface area (Å²) in [6.07, 6.45) is 1.34. The fraction of sp³-hybridized carbons (Fsp3) is 0.0769. The highest BCUT2D eigenvalue weighted by Crippen LogP contribution is 2.20. The summed E-state index contributed by atoms with van der Waals surface area (Å²) in [6.45, 7) is 0. The summed E-state index contributed by atoms with van der Waals surface area (Å²) in [7, 11) is 1.25. The number of benzene rings is 1. The Morgan fingerprint density at radius 3 is 2.75 bits per heavy atom. The van der Waals surface area contributed by atoms with E-state index in [-0.39, 0.29) is 22.6 Å². The van der Waals surface area contributed by atoms with Crippen molar-refractivity contribution in [2.45, 2.75) is 0 Å². The maximum atomic E-state index is 11.6. The number of rotatable bonds is 2. The lowest BCUT2D eigenvalue weighted by molar-refractivity contribution is 0.0602. The number of hydrogen-bond acceptors (Lipinski definition) is 6. The first-order chi connectivity index (χ1) is 9.62. The van der Waals surface area contributed by atoms with Gasteiger partial charge in [-0.15, -0.1) is 0 Å². The molecule has 2 rings (SSSR count). The van der Waals surface area contributed by atoms with Crippen LogP contribution in [0.5, 0.6) is 0 Å². The van der Waals surface area contributed by atoms with Gasteiger partial charge in [0.05, 0.1) is 12.7 Å². The van der Waals surface area contributed by atoms with Gasteiger partial charge in [0, 0.05) is 11.4 Å². The number of carbonyl (C=O) groups is 1. The van der Waals surface area contributed by atoms with Gasteiger partial charge in [0.1, 0.15) is 18.5 Å². The van der Waals surface area contributed by atoms with E-state index < -0.39 is 5.97 Å². The highest BCUT2D eigenvalue weighted by atomic mass is 16.5. The molecule has 0 unspecified atom stereocenters. The largest absolute Gasteiger partial charge is 0.465 e. The maximum Gasteiger partial charge on any atom is 0.340 e. The van der Waals surface area contributed by atoms with Crippen LogP contribution in [0.15, 0.2) is 24.5 Å². The maximum absolute atomic E-state index is 11.6. The lowest BCUT2D eigenvalue weighted by atomic mass is 10.1. The van der Waals surface area contributed by atoms with E-state index in [1.807, 2.05) is 12.1 Å². The lowest BCUT2D eigenvalue weighted by Gasteiger charge is -2.08. The summed E-state index contributed by atoms with van der Waals surface area (Å²) >= 11 is 0. The minimum absolute atomic E-state index is 0.0175. The van der Waals surface area contributed by atoms with E-state index in [0.717, 1.165) is 0 Å². The summed E-state index contributed by atoms with van der Waals surface area (Å²) < 4.78 is 6.04. The van der Waals surface area contributed by atoms with Gasteiger partial charge in [-0.3, -0.25) is 4.57 Å². The molecule has 0 atom stereocenters. The van der Waals surface area contributed by atoms with Gasteiger partial charge in [0.15, 0.2) is 11.4 Å². The molecule has 0 saturated heterocycles. The van der Waals surface area contributed by atoms with Crippen molar-refractivity contribution in [1.29, 1.82) is 10.5 Å². The predicted molar refractivity (Wildman–Crippen MR) is 68.7 cm³/mol. The number of nitrogen functional groups attached to an aromatic ring is 1. The van der Waals surface area contributed by atoms with Gasteiger partial charge in [-0.1, -0.05) is 0 Å². The van der Waals surface area contributed by atoms with E-state index in [1.165, 1.54) is 30.1 Å². The minimum Gasteiger partial charge on any atom is -0.465 e. The number of ether oxygens (including phenoxy) is 1. The Labute approximate surface area is 114 Å². The number of methoxy groups -OCH3 is 1. The van der Waals surface area contributed by atoms with Crippen LogP contribution in [0.2, 0.25) is 0 Å². The second-order valence-electron chi connectivity index (χ2n) is 3.80. The normalized spacial score (nSPS) is 9.55. The first kappa shape index (κ1) is 13.1. The average molecular weight is 267 g/mol. The van der Waals surface area contributed by atoms with Gasteiger partial charge in [-0.05, 0) is 18.2 Å². The summed E-state index contributed by atoms with van der Waals surface area (Å²) in [5, 5.41) is 17.9. The van der Waals surface area contributed by atoms with Crippen molar-refractivity contribution >= 4 is 11.7 Å². The lowest BCUT2D eigenvalue weighted by Crippen LogP contribution is -2.07. The predicted octanol–water partition coefficient (Wildman–Crippen LogP) is 0.984. The van der Waals surface area contributed by atoms with Crippen LogP contribution < -0.4 is 5.73 Å². The molecule has 1 aromatic carbocycles. The van der Waals surface area contributed by atoms with Crippen molar-refractivity contribution in [2.75, 3.05) is 12.8 Å². The number of esters is 1. The summed E-state index contributed by atoms with van der Waals surface area (Å²) in [6, 6.07) is 8.34. The van der Waals surface area contributed by atoms with Crippen molar-refractivity contribution in [3.05, 3.63) is 41.5 Å². The van der Waals surface area contributed by atoms with Crippen LogP contribution in [0, 0.1) is 22.7 Å². The molecule has 20 heavy (non-hydrogen) atoms. The number of imidazole rings is 1. The zero-order valence-electron chi connectivity index (χ0n) is 10.5. The monoisotopic (exact) mass is 267 g/mol. The molecule has 0 aliphatic rings. The standard InChI is InChI=1S/C13H9N5O2/c1-20-13(19)9-4-8(2-3-10(9)16)18-7-17-11(5-14)12(18)6-15/h2-4,7H,16H2,1H3. The van der Waals surface area contributed by atoms with Gasteiger partial charge < -0.3 is 10.5 Å². The fourth-order valence-electron chi connectivity index (χ4n) is 1.71. The highest BCUT2D eigenvalue weighted by Gasteiger charge is 2.15. The quantitative estimate of drug-likeness (QED) is 0.640. The van der Waals surface area contributed by atoms with Crippen LogP contribution in [-0.2, 0) is 4.74 Å². The topological polar surface area (TPSA) is 118 Å². The fourth-order valence-corrected chi connectivity index (χ4v) is 1.71. The molecule has 98 valence electrons. The molecule has 2 aromatic rings. The van der Waals surface area contributed by atoms with Crippen molar-refractivity contribution in [2.24, 2.45) is 0 Å². The number of anilines is 1. The third kappa shape index (κ3) is 2.04. The molecule has 2 N–H and O–H groups in total. The molecule has 7 heteroatoms. The highest BCUT2D eigenvalue weighted by molar-refractivity contribution is 5.95. The van der Waals surface area contributed by atoms with Gasteiger partial charge in [0.25, 0.3) is 0 Å². The SMILES string of the molecule is COC(=O)c1cc(-n2cnc(C#N)c2C#N)ccc1N. The summed E-state index contributed by atoms with van der Waals surface area (Å²) in [5.41, 5.74) is 6.75. The Bertz CT molecular complexity index is 764. The van der Waals surface area contributed by atoms with Crippen molar-refractivity contribution in [1.82, 2.24) is 9.55 Å². The molecule has 0 amide bonds. The number of nitrogens with two attached hydrogens (primary N) is 1. The Morgan fingerprint density at radius 1 is 1.40 bits per heavy atom. The van der Waals surface area contributed by atoms with E-state index in [1.54, 1.807) is 6.07 Å². The second-order valence-corrected chi connectivity index (χ2v) is 3.80. The van der Waals surface area contributed by atoms with Crippen LogP contribution in [0.25, 0.3) is 5.69 Å². The third-order valence-corrected chi connectivity index (χ3v) is 2.70. The summed E-state index contributed by atoms with van der Waals surface area (Å²) in [5.74, 6) is -0.580. The molecule has 0 aliphatic heterocycles. The molecule has 0 radical (unpaired) electrons. The van der Waals surface area contributed by atoms with Gasteiger partial charge in [-0.2, -0.15) is 10.5 Å². The second kappa shape index (κ2) is 5.12. The van der Waals surface area contributed by atoms with E-state index >= 15 is 0 Å². The van der Waals surface area contributed by atoms with Crippen LogP contribution in [0.3, 0.4) is 0 Å². The van der Waals surface area contributed by atoms with Gasteiger partial charge in [-0.25, -0.2) is 9.78 Å². The smallest absolute Gasteiger partial charge is 0.340 e. The molecule has 7 nitrogen and oxygen atoms in total. The Morgan fingerprint density at radius 2 is 2.15 bits per heavy atom. The molecular formula is C13H9N5O2. The first-order valence-electron chi connectivity index (χ1n) is 5.48. The molecule has 0 bridgehead atoms. The van der Waals surface area contributed by atoms with Crippen LogP contribution >= 0.6 is 0 Å². The Kier molecular flexibility index (Phi) is 3.36. The van der Waals surface area contributed by atoms with E-state index in [4.69, 9.17) is 16.3 Å². The zero-order chi connectivity index (χ0) is 14.7. The minimum atomic E-state index is -0.580. The van der Waals surface area contributed by atoms with Crippen LogP contribution in [0.4, 0.5) is 5.69 Å². The van der Waals surface area contributed by atoms with Gasteiger partial charge >= 0.3 is 5.97 Å². The van der Waals surface area contributed by atoms with E-state index in [9.17, 15) is 4.79 Å². The van der Waals surface area contributed by atoms with Crippen molar-refractivity contribution in [3.8, 4) is 17.8 Å². The number of carbonyl (C=O) groups excluding carboxylic acids is 1. The number of aromatic nitrogens is 2. The number of hydrogen-bond donors (Lipinski definition) is 1. The van der Waals surface area contributed by atoms with Crippen molar-refractivity contribution < 1.29 is 9.53 Å². The average Bonchev–Trinajstić information content (AvgIpc) is 2.89. The molecule has 0 spiro atoms. The number of nitrogens with zero attached hydrogens (tertiary/aromatic N) is 4. The van der Waals surface area contributed by atoms with Crippen LogP contribution in [-0.4, -0.2) is 22.6 Å². The van der Waals surface area contributed by atoms with Gasteiger partial charge in [0.2, 0.25) is 0 Å². The Hall–Kier alpha value is -3.32.